The number of ether oxygens (including phenoxy) is 2. The molecule has 0 aromatic carbocycles. The SMILES string of the molecule is CCCCC/C=C\C/C=C\CCCCCCCCCC(=O)OC(COC(=O)CCCCCCC/C=C\CCCCCCCCC)COP(=O)(O)OCC[N+](C)(C)C. The van der Waals surface area contributed by atoms with Gasteiger partial charge in [-0.25, -0.2) is 4.57 Å². The molecule has 0 radical (unpaired) electrons. The van der Waals surface area contributed by atoms with Crippen LogP contribution in [-0.2, 0) is 32.7 Å². The van der Waals surface area contributed by atoms with Gasteiger partial charge in [0.1, 0.15) is 19.8 Å². The maximum Gasteiger partial charge on any atom is 0.472 e. The maximum absolute atomic E-state index is 12.7. The fraction of sp³-hybridized carbons (Fsp3) is 0.830. The fourth-order valence-electron chi connectivity index (χ4n) is 6.21. The lowest BCUT2D eigenvalue weighted by molar-refractivity contribution is -0.870. The van der Waals surface area contributed by atoms with E-state index in [9.17, 15) is 19.0 Å². The highest BCUT2D eigenvalue weighted by atomic mass is 31.2. The average molecular weight is 827 g/mol. The quantitative estimate of drug-likeness (QED) is 0.0213. The summed E-state index contributed by atoms with van der Waals surface area (Å²) in [5, 5.41) is 0. The Balaban J connectivity index is 4.35. The summed E-state index contributed by atoms with van der Waals surface area (Å²) in [4.78, 5) is 35.4. The Morgan fingerprint density at radius 2 is 0.947 bits per heavy atom. The van der Waals surface area contributed by atoms with Gasteiger partial charge in [0.05, 0.1) is 27.7 Å². The van der Waals surface area contributed by atoms with E-state index < -0.39 is 26.5 Å². The third-order valence-electron chi connectivity index (χ3n) is 9.89. The molecule has 0 rings (SSSR count). The van der Waals surface area contributed by atoms with Crippen molar-refractivity contribution < 1.29 is 42.1 Å². The lowest BCUT2D eigenvalue weighted by Gasteiger charge is -2.24. The van der Waals surface area contributed by atoms with Crippen molar-refractivity contribution in [2.45, 2.75) is 206 Å². The van der Waals surface area contributed by atoms with Crippen LogP contribution in [0.1, 0.15) is 200 Å². The van der Waals surface area contributed by atoms with E-state index in [2.05, 4.69) is 50.3 Å². The zero-order valence-corrected chi connectivity index (χ0v) is 38.5. The fourth-order valence-corrected chi connectivity index (χ4v) is 6.96. The Bertz CT molecular complexity index is 1070. The summed E-state index contributed by atoms with van der Waals surface area (Å²) in [6.07, 6.45) is 44.7. The predicted octanol–water partition coefficient (Wildman–Crippen LogP) is 13.3. The predicted molar refractivity (Wildman–Crippen MR) is 238 cm³/mol. The van der Waals surface area contributed by atoms with Gasteiger partial charge in [0, 0.05) is 12.8 Å². The minimum atomic E-state index is -4.38. The molecule has 2 unspecified atom stereocenters. The molecule has 0 saturated heterocycles. The molecular weight excluding hydrogens is 737 g/mol. The van der Waals surface area contributed by atoms with Crippen LogP contribution >= 0.6 is 7.82 Å². The van der Waals surface area contributed by atoms with Gasteiger partial charge in [-0.2, -0.15) is 0 Å². The van der Waals surface area contributed by atoms with Gasteiger partial charge in [-0.3, -0.25) is 18.6 Å². The summed E-state index contributed by atoms with van der Waals surface area (Å²) < 4.78 is 34.3. The van der Waals surface area contributed by atoms with Gasteiger partial charge in [0.15, 0.2) is 6.10 Å². The average Bonchev–Trinajstić information content (AvgIpc) is 3.16. The van der Waals surface area contributed by atoms with Gasteiger partial charge in [-0.15, -0.1) is 0 Å². The number of unbranched alkanes of at least 4 members (excludes halogenated alkanes) is 22. The molecule has 0 aliphatic rings. The second-order valence-electron chi connectivity index (χ2n) is 16.8. The largest absolute Gasteiger partial charge is 0.472 e. The minimum absolute atomic E-state index is 0.0287. The molecular formula is C47H89NO8P+. The standard InChI is InChI=1S/C47H88NO8P/c1-6-8-10-12-14-16-18-20-22-24-26-28-30-32-34-36-38-40-47(50)56-45(44-55-57(51,52)54-42-41-48(3,4)5)43-53-46(49)39-37-35-33-31-29-27-25-23-21-19-17-15-13-11-9-7-2/h14,16,20,22-23,25,45H,6-13,15,17-19,21,24,26-44H2,1-5H3/p+1/b16-14-,22-20-,25-23-. The van der Waals surface area contributed by atoms with Crippen LogP contribution in [0.15, 0.2) is 36.5 Å². The highest BCUT2D eigenvalue weighted by Gasteiger charge is 2.27. The van der Waals surface area contributed by atoms with Crippen LogP contribution < -0.4 is 0 Å². The lowest BCUT2D eigenvalue weighted by Crippen LogP contribution is -2.37. The van der Waals surface area contributed by atoms with E-state index in [-0.39, 0.29) is 32.0 Å². The molecule has 0 fully saturated rings. The number of hydrogen-bond donors (Lipinski definition) is 1. The van der Waals surface area contributed by atoms with Crippen LogP contribution in [0.5, 0.6) is 0 Å². The Kier molecular flexibility index (Phi) is 38.4. The lowest BCUT2D eigenvalue weighted by atomic mass is 10.1. The number of quaternary nitrogens is 1. The molecule has 1 N–H and O–H groups in total. The van der Waals surface area contributed by atoms with E-state index in [4.69, 9.17) is 18.5 Å². The van der Waals surface area contributed by atoms with Crippen molar-refractivity contribution in [3.8, 4) is 0 Å². The highest BCUT2D eigenvalue weighted by Crippen LogP contribution is 2.43. The molecule has 0 aliphatic carbocycles. The second kappa shape index (κ2) is 39.7. The zero-order valence-electron chi connectivity index (χ0n) is 37.6. The third-order valence-corrected chi connectivity index (χ3v) is 10.9. The first-order valence-corrected chi connectivity index (χ1v) is 24.7. The first kappa shape index (κ1) is 55.2. The van der Waals surface area contributed by atoms with E-state index in [0.29, 0.717) is 17.4 Å². The smallest absolute Gasteiger partial charge is 0.462 e. The first-order chi connectivity index (χ1) is 27.5. The van der Waals surface area contributed by atoms with Crippen LogP contribution in [0.2, 0.25) is 0 Å². The van der Waals surface area contributed by atoms with Crippen molar-refractivity contribution in [1.82, 2.24) is 0 Å². The van der Waals surface area contributed by atoms with E-state index >= 15 is 0 Å². The Labute approximate surface area is 351 Å². The summed E-state index contributed by atoms with van der Waals surface area (Å²) >= 11 is 0. The van der Waals surface area contributed by atoms with E-state index in [1.54, 1.807) is 0 Å². The molecule has 0 aromatic rings. The number of carbonyl (C=O) groups is 2. The molecule has 2 atom stereocenters. The van der Waals surface area contributed by atoms with E-state index in [1.165, 1.54) is 96.3 Å². The number of phosphoric acid groups is 1. The molecule has 0 aliphatic heterocycles. The summed E-state index contributed by atoms with van der Waals surface area (Å²) in [6, 6.07) is 0. The zero-order chi connectivity index (χ0) is 42.1. The van der Waals surface area contributed by atoms with Gasteiger partial charge in [-0.05, 0) is 70.6 Å². The van der Waals surface area contributed by atoms with E-state index in [0.717, 1.165) is 70.6 Å². The van der Waals surface area contributed by atoms with Crippen LogP contribution in [0.4, 0.5) is 0 Å². The van der Waals surface area contributed by atoms with Gasteiger partial charge < -0.3 is 18.9 Å². The molecule has 0 bridgehead atoms. The molecule has 0 amide bonds. The van der Waals surface area contributed by atoms with Gasteiger partial charge >= 0.3 is 19.8 Å². The topological polar surface area (TPSA) is 108 Å². The van der Waals surface area contributed by atoms with Crippen molar-refractivity contribution in [2.75, 3.05) is 47.5 Å². The molecule has 0 spiro atoms. The molecule has 334 valence electrons. The Morgan fingerprint density at radius 3 is 1.44 bits per heavy atom. The van der Waals surface area contributed by atoms with Gasteiger partial charge in [-0.1, -0.05) is 153 Å². The van der Waals surface area contributed by atoms with Crippen LogP contribution in [-0.4, -0.2) is 74.9 Å². The third kappa shape index (κ3) is 43.6. The number of rotatable bonds is 42. The Morgan fingerprint density at radius 1 is 0.544 bits per heavy atom. The Hall–Kier alpha value is -1.77. The molecule has 0 aromatic heterocycles. The summed E-state index contributed by atoms with van der Waals surface area (Å²) in [6.45, 7) is 4.39. The van der Waals surface area contributed by atoms with Crippen LogP contribution in [0, 0.1) is 0 Å². The molecule has 9 nitrogen and oxygen atoms in total. The number of allylic oxidation sites excluding steroid dienone is 6. The number of likely N-dealkylation sites (N-methyl/N-ethyl adjacent to an activating group) is 1. The number of hydrogen-bond acceptors (Lipinski definition) is 7. The van der Waals surface area contributed by atoms with E-state index in [1.807, 2.05) is 21.1 Å². The summed E-state index contributed by atoms with van der Waals surface area (Å²) in [5.41, 5.74) is 0. The first-order valence-electron chi connectivity index (χ1n) is 23.2. The number of nitrogens with zero attached hydrogens (tertiary/aromatic N) is 1. The number of carbonyl (C=O) groups excluding carboxylic acids is 2. The van der Waals surface area contributed by atoms with Gasteiger partial charge in [0.2, 0.25) is 0 Å². The number of phosphoric ester groups is 1. The second-order valence-corrected chi connectivity index (χ2v) is 18.2. The molecule has 10 heteroatoms. The molecule has 0 saturated carbocycles. The van der Waals surface area contributed by atoms with Crippen LogP contribution in [0.25, 0.3) is 0 Å². The van der Waals surface area contributed by atoms with Gasteiger partial charge in [0.25, 0.3) is 0 Å². The highest BCUT2D eigenvalue weighted by molar-refractivity contribution is 7.47. The normalized spacial score (nSPS) is 13.9. The summed E-state index contributed by atoms with van der Waals surface area (Å²) in [5.74, 6) is -0.814. The molecule has 57 heavy (non-hydrogen) atoms. The monoisotopic (exact) mass is 827 g/mol. The van der Waals surface area contributed by atoms with Crippen molar-refractivity contribution >= 4 is 19.8 Å². The number of esters is 2. The van der Waals surface area contributed by atoms with Crippen molar-refractivity contribution in [2.24, 2.45) is 0 Å². The van der Waals surface area contributed by atoms with Crippen molar-refractivity contribution in [3.05, 3.63) is 36.5 Å². The summed E-state index contributed by atoms with van der Waals surface area (Å²) in [7, 11) is 1.47. The minimum Gasteiger partial charge on any atom is -0.462 e. The molecule has 0 heterocycles. The van der Waals surface area contributed by atoms with Crippen LogP contribution in [0.3, 0.4) is 0 Å². The maximum atomic E-state index is 12.7. The van der Waals surface area contributed by atoms with Crippen molar-refractivity contribution in [3.63, 3.8) is 0 Å². The van der Waals surface area contributed by atoms with Crippen molar-refractivity contribution in [1.29, 1.82) is 0 Å².